The van der Waals surface area contributed by atoms with Crippen molar-refractivity contribution in [3.63, 3.8) is 0 Å². The van der Waals surface area contributed by atoms with Crippen molar-refractivity contribution in [3.8, 4) is 5.69 Å². The van der Waals surface area contributed by atoms with Crippen molar-refractivity contribution in [2.24, 2.45) is 0 Å². The van der Waals surface area contributed by atoms with Gasteiger partial charge in [-0.25, -0.2) is 4.68 Å². The molecule has 1 N–H and O–H groups in total. The molecule has 6 heteroatoms. The minimum Gasteiger partial charge on any atom is -0.481 e. The molecular formula is C19H23N3O3. The van der Waals surface area contributed by atoms with E-state index in [9.17, 15) is 9.59 Å². The van der Waals surface area contributed by atoms with Crippen LogP contribution in [0.2, 0.25) is 0 Å². The van der Waals surface area contributed by atoms with Crippen molar-refractivity contribution in [1.82, 2.24) is 14.7 Å². The second-order valence-electron chi connectivity index (χ2n) is 6.50. The Hall–Kier alpha value is -2.63. The summed E-state index contributed by atoms with van der Waals surface area (Å²) in [5.41, 5.74) is 2.23. The maximum atomic E-state index is 13.0. The van der Waals surface area contributed by atoms with E-state index in [0.29, 0.717) is 18.7 Å². The summed E-state index contributed by atoms with van der Waals surface area (Å²) in [4.78, 5) is 25.6. The van der Waals surface area contributed by atoms with Crippen molar-refractivity contribution in [1.29, 1.82) is 0 Å². The van der Waals surface area contributed by atoms with Crippen molar-refractivity contribution in [2.75, 3.05) is 6.54 Å². The number of carboxylic acid groups (broad SMARTS) is 1. The van der Waals surface area contributed by atoms with Gasteiger partial charge in [-0.3, -0.25) is 9.59 Å². The second kappa shape index (κ2) is 7.51. The average molecular weight is 341 g/mol. The van der Waals surface area contributed by atoms with Gasteiger partial charge >= 0.3 is 5.97 Å². The first-order valence-electron chi connectivity index (χ1n) is 8.71. The summed E-state index contributed by atoms with van der Waals surface area (Å²) >= 11 is 0. The first-order chi connectivity index (χ1) is 12.1. The SMILES string of the molecule is Cc1cc(C(=O)N2CCCC[C@@H]2CCC(=O)O)nn1-c1ccccc1. The van der Waals surface area contributed by atoms with Crippen LogP contribution in [-0.2, 0) is 4.79 Å². The van der Waals surface area contributed by atoms with Crippen molar-refractivity contribution in [2.45, 2.75) is 45.1 Å². The van der Waals surface area contributed by atoms with E-state index >= 15 is 0 Å². The molecule has 1 atom stereocenters. The molecule has 1 saturated heterocycles. The van der Waals surface area contributed by atoms with Gasteiger partial charge in [-0.2, -0.15) is 5.10 Å². The molecule has 132 valence electrons. The van der Waals surface area contributed by atoms with Gasteiger partial charge < -0.3 is 10.0 Å². The van der Waals surface area contributed by atoms with Gasteiger partial charge in [0.2, 0.25) is 0 Å². The van der Waals surface area contributed by atoms with Gasteiger partial charge in [-0.05, 0) is 50.8 Å². The fraction of sp³-hybridized carbons (Fsp3) is 0.421. The summed E-state index contributed by atoms with van der Waals surface area (Å²) in [6.45, 7) is 2.59. The summed E-state index contributed by atoms with van der Waals surface area (Å²) in [5, 5.41) is 13.4. The van der Waals surface area contributed by atoms with Gasteiger partial charge in [0.25, 0.3) is 5.91 Å². The van der Waals surface area contributed by atoms with Crippen molar-refractivity contribution < 1.29 is 14.7 Å². The number of carboxylic acids is 1. The van der Waals surface area contributed by atoms with Gasteiger partial charge in [-0.1, -0.05) is 18.2 Å². The third kappa shape index (κ3) is 3.90. The molecular weight excluding hydrogens is 318 g/mol. The molecule has 25 heavy (non-hydrogen) atoms. The third-order valence-corrected chi connectivity index (χ3v) is 4.69. The minimum absolute atomic E-state index is 0.0143. The van der Waals surface area contributed by atoms with Gasteiger partial charge in [0, 0.05) is 24.7 Å². The van der Waals surface area contributed by atoms with Crippen LogP contribution in [0.1, 0.15) is 48.3 Å². The quantitative estimate of drug-likeness (QED) is 0.907. The number of carbonyl (C=O) groups excluding carboxylic acids is 1. The highest BCUT2D eigenvalue weighted by Crippen LogP contribution is 2.23. The zero-order chi connectivity index (χ0) is 17.8. The molecule has 3 rings (SSSR count). The molecule has 2 aromatic rings. The summed E-state index contributed by atoms with van der Waals surface area (Å²) in [7, 11) is 0. The number of likely N-dealkylation sites (tertiary alicyclic amines) is 1. The molecule has 1 fully saturated rings. The second-order valence-corrected chi connectivity index (χ2v) is 6.50. The Labute approximate surface area is 147 Å². The maximum Gasteiger partial charge on any atom is 0.303 e. The monoisotopic (exact) mass is 341 g/mol. The molecule has 0 spiro atoms. The Morgan fingerprint density at radius 1 is 1.24 bits per heavy atom. The number of para-hydroxylation sites is 1. The van der Waals surface area contributed by atoms with E-state index in [4.69, 9.17) is 5.11 Å². The van der Waals surface area contributed by atoms with Crippen LogP contribution in [0.4, 0.5) is 0 Å². The van der Waals surface area contributed by atoms with Crippen molar-refractivity contribution >= 4 is 11.9 Å². The Balaban J connectivity index is 1.81. The summed E-state index contributed by atoms with van der Waals surface area (Å²) < 4.78 is 1.77. The summed E-state index contributed by atoms with van der Waals surface area (Å²) in [6, 6.07) is 11.5. The minimum atomic E-state index is -0.817. The average Bonchev–Trinajstić information content (AvgIpc) is 3.02. The fourth-order valence-electron chi connectivity index (χ4n) is 3.41. The number of rotatable bonds is 5. The van der Waals surface area contributed by atoms with Gasteiger partial charge in [0.1, 0.15) is 0 Å². The first-order valence-corrected chi connectivity index (χ1v) is 8.71. The Kier molecular flexibility index (Phi) is 5.16. The number of hydrogen-bond acceptors (Lipinski definition) is 3. The standard InChI is InChI=1S/C19H23N3O3/c1-14-13-17(20-22(14)16-8-3-2-4-9-16)19(25)21-12-6-5-7-15(21)10-11-18(23)24/h2-4,8-9,13,15H,5-7,10-12H2,1H3,(H,23,24)/t15-/m1/s1. The Bertz CT molecular complexity index is 755. The van der Waals surface area contributed by atoms with Gasteiger partial charge in [-0.15, -0.1) is 0 Å². The van der Waals surface area contributed by atoms with Crippen LogP contribution in [0.3, 0.4) is 0 Å². The summed E-state index contributed by atoms with van der Waals surface area (Å²) in [5.74, 6) is -0.921. The molecule has 1 aliphatic rings. The number of hydrogen-bond donors (Lipinski definition) is 1. The zero-order valence-electron chi connectivity index (χ0n) is 14.4. The topological polar surface area (TPSA) is 75.4 Å². The molecule has 1 amide bonds. The van der Waals surface area contributed by atoms with Gasteiger partial charge in [0.15, 0.2) is 5.69 Å². The smallest absolute Gasteiger partial charge is 0.303 e. The van der Waals surface area contributed by atoms with Crippen molar-refractivity contribution in [3.05, 3.63) is 47.8 Å². The molecule has 0 radical (unpaired) electrons. The number of amides is 1. The van der Waals surface area contributed by atoms with Gasteiger partial charge in [0.05, 0.1) is 5.69 Å². The summed E-state index contributed by atoms with van der Waals surface area (Å²) in [6.07, 6.45) is 3.43. The number of aryl methyl sites for hydroxylation is 1. The van der Waals surface area contributed by atoms with E-state index in [-0.39, 0.29) is 18.4 Å². The molecule has 6 nitrogen and oxygen atoms in total. The lowest BCUT2D eigenvalue weighted by molar-refractivity contribution is -0.137. The van der Waals surface area contributed by atoms with Crippen LogP contribution in [0.25, 0.3) is 5.69 Å². The van der Waals surface area contributed by atoms with Crippen LogP contribution < -0.4 is 0 Å². The molecule has 1 aromatic carbocycles. The molecule has 0 saturated carbocycles. The number of carbonyl (C=O) groups is 2. The largest absolute Gasteiger partial charge is 0.481 e. The lowest BCUT2D eigenvalue weighted by Crippen LogP contribution is -2.44. The zero-order valence-corrected chi connectivity index (χ0v) is 14.4. The third-order valence-electron chi connectivity index (χ3n) is 4.69. The number of aliphatic carboxylic acids is 1. The molecule has 1 aromatic heterocycles. The number of nitrogens with zero attached hydrogens (tertiary/aromatic N) is 3. The Morgan fingerprint density at radius 3 is 2.72 bits per heavy atom. The highest BCUT2D eigenvalue weighted by molar-refractivity contribution is 5.92. The first kappa shape index (κ1) is 17.2. The van der Waals surface area contributed by atoms with Crippen LogP contribution >= 0.6 is 0 Å². The van der Waals surface area contributed by atoms with E-state index in [2.05, 4.69) is 5.10 Å². The number of benzene rings is 1. The molecule has 0 bridgehead atoms. The lowest BCUT2D eigenvalue weighted by atomic mass is 9.97. The van der Waals surface area contributed by atoms with E-state index in [0.717, 1.165) is 30.6 Å². The highest BCUT2D eigenvalue weighted by atomic mass is 16.4. The van der Waals surface area contributed by atoms with Crippen LogP contribution in [0.5, 0.6) is 0 Å². The Morgan fingerprint density at radius 2 is 2.00 bits per heavy atom. The normalized spacial score (nSPS) is 17.5. The van der Waals surface area contributed by atoms with Crippen LogP contribution in [0.15, 0.2) is 36.4 Å². The molecule has 0 unspecified atom stereocenters. The van der Waals surface area contributed by atoms with E-state index in [1.807, 2.05) is 42.2 Å². The molecule has 0 aliphatic carbocycles. The predicted octanol–water partition coefficient (Wildman–Crippen LogP) is 3.04. The van der Waals surface area contributed by atoms with Crippen LogP contribution in [-0.4, -0.2) is 44.3 Å². The fourth-order valence-corrected chi connectivity index (χ4v) is 3.41. The number of piperidine rings is 1. The maximum absolute atomic E-state index is 13.0. The number of aromatic nitrogens is 2. The van der Waals surface area contributed by atoms with E-state index in [1.165, 1.54) is 0 Å². The lowest BCUT2D eigenvalue weighted by Gasteiger charge is -2.35. The molecule has 1 aliphatic heterocycles. The van der Waals surface area contributed by atoms with Crippen LogP contribution in [0, 0.1) is 6.92 Å². The molecule has 2 heterocycles. The predicted molar refractivity (Wildman–Crippen MR) is 93.8 cm³/mol. The highest BCUT2D eigenvalue weighted by Gasteiger charge is 2.29. The van der Waals surface area contributed by atoms with E-state index in [1.54, 1.807) is 10.7 Å². The van der Waals surface area contributed by atoms with E-state index < -0.39 is 5.97 Å².